The molecule has 1 heterocycles. The van der Waals surface area contributed by atoms with Crippen molar-refractivity contribution in [2.75, 3.05) is 10.6 Å². The normalized spacial score (nSPS) is 16.0. The van der Waals surface area contributed by atoms with E-state index in [4.69, 9.17) is 21.1 Å². The van der Waals surface area contributed by atoms with E-state index in [0.717, 1.165) is 25.3 Å². The second-order valence-electron chi connectivity index (χ2n) is 13.4. The van der Waals surface area contributed by atoms with Crippen LogP contribution in [0.2, 0.25) is 5.02 Å². The molecule has 3 rings (SSSR count). The van der Waals surface area contributed by atoms with Crippen molar-refractivity contribution in [2.24, 2.45) is 0 Å². The summed E-state index contributed by atoms with van der Waals surface area (Å²) in [6.07, 6.45) is 0.296. The molecule has 0 aromatic heterocycles. The fourth-order valence-corrected chi connectivity index (χ4v) is 5.13. The number of cyclic esters (lactones) is 1. The van der Waals surface area contributed by atoms with Gasteiger partial charge in [-0.1, -0.05) is 72.2 Å². The van der Waals surface area contributed by atoms with Crippen molar-refractivity contribution in [3.05, 3.63) is 52.5 Å². The lowest BCUT2D eigenvalue weighted by Crippen LogP contribution is -2.52. The van der Waals surface area contributed by atoms with Gasteiger partial charge in [0.05, 0.1) is 10.7 Å². The van der Waals surface area contributed by atoms with E-state index in [-0.39, 0.29) is 21.5 Å². The smallest absolute Gasteiger partial charge is 0.418 e. The van der Waals surface area contributed by atoms with E-state index in [1.54, 1.807) is 6.07 Å². The molecule has 2 aromatic carbocycles. The Bertz CT molecular complexity index is 1530. The maximum atomic E-state index is 13.5. The predicted molar refractivity (Wildman–Crippen MR) is 178 cm³/mol. The highest BCUT2D eigenvalue weighted by Gasteiger charge is 2.53. The third kappa shape index (κ3) is 7.71. The summed E-state index contributed by atoms with van der Waals surface area (Å²) in [5, 5.41) is 5.44. The summed E-state index contributed by atoms with van der Waals surface area (Å²) < 4.78 is 11.4. The minimum Gasteiger partial charge on any atom is -0.480 e. The Balaban J connectivity index is 1.84. The minimum atomic E-state index is -1.77. The Kier molecular flexibility index (Phi) is 11.0. The predicted octanol–water partition coefficient (Wildman–Crippen LogP) is 7.16. The van der Waals surface area contributed by atoms with Crippen molar-refractivity contribution in [3.8, 4) is 5.75 Å². The zero-order chi connectivity index (χ0) is 34.8. The van der Waals surface area contributed by atoms with Crippen LogP contribution < -0.4 is 15.4 Å². The zero-order valence-electron chi connectivity index (χ0n) is 28.4. The molecule has 4 amide bonds. The molecular formula is C35H46ClN3O7. The van der Waals surface area contributed by atoms with Crippen LogP contribution in [0.1, 0.15) is 99.6 Å². The van der Waals surface area contributed by atoms with Gasteiger partial charge in [-0.15, -0.1) is 0 Å². The summed E-state index contributed by atoms with van der Waals surface area (Å²) in [5.41, 5.74) is 0.857. The average Bonchev–Trinajstić information content (AvgIpc) is 3.18. The number of nitrogens with one attached hydrogen (secondary N) is 2. The van der Waals surface area contributed by atoms with Gasteiger partial charge in [0.15, 0.2) is 23.5 Å². The molecule has 0 radical (unpaired) electrons. The van der Waals surface area contributed by atoms with Crippen LogP contribution >= 0.6 is 11.6 Å². The maximum Gasteiger partial charge on any atom is 0.418 e. The molecule has 0 spiro atoms. The first-order chi connectivity index (χ1) is 21.3. The zero-order valence-corrected chi connectivity index (χ0v) is 29.2. The SMILES string of the molecule is CCC(Oc1ccc(C(C)(C)CC)cc1C(C)(C)CC)C(=O)Nc1ccc(Cl)c(NC(=O)C(C(C)=O)N2C(=O)OC(C)(C)C2=O)c1. The first kappa shape index (κ1) is 36.5. The summed E-state index contributed by atoms with van der Waals surface area (Å²) in [5.74, 6) is -2.30. The number of benzene rings is 2. The molecule has 2 atom stereocenters. The number of rotatable bonds is 13. The number of halogens is 1. The number of nitrogens with zero attached hydrogens (tertiary/aromatic N) is 1. The molecule has 1 aliphatic heterocycles. The summed E-state index contributed by atoms with van der Waals surface area (Å²) in [6.45, 7) is 18.7. The van der Waals surface area contributed by atoms with Gasteiger partial charge in [-0.25, -0.2) is 9.69 Å². The van der Waals surface area contributed by atoms with Crippen LogP contribution in [0.5, 0.6) is 5.75 Å². The van der Waals surface area contributed by atoms with E-state index >= 15 is 0 Å². The van der Waals surface area contributed by atoms with Crippen LogP contribution in [0.3, 0.4) is 0 Å². The van der Waals surface area contributed by atoms with Gasteiger partial charge in [0.1, 0.15) is 5.75 Å². The van der Waals surface area contributed by atoms with Crippen LogP contribution in [0.25, 0.3) is 0 Å². The highest BCUT2D eigenvalue weighted by molar-refractivity contribution is 6.34. The number of amides is 4. The average molecular weight is 656 g/mol. The van der Waals surface area contributed by atoms with Crippen LogP contribution in [0, 0.1) is 0 Å². The number of ketones is 1. The molecule has 1 aliphatic rings. The van der Waals surface area contributed by atoms with Gasteiger partial charge in [0.2, 0.25) is 0 Å². The molecule has 1 fully saturated rings. The highest BCUT2D eigenvalue weighted by atomic mass is 35.5. The first-order valence-electron chi connectivity index (χ1n) is 15.6. The number of carbonyl (C=O) groups excluding carboxylic acids is 5. The number of ether oxygens (including phenoxy) is 2. The molecule has 2 N–H and O–H groups in total. The molecule has 250 valence electrons. The standard InChI is InChI=1S/C35H46ClN3O7/c1-11-26(45-27-17-14-21(33(5,6)12-2)18-23(27)34(7,8)13-3)29(41)37-22-15-16-24(36)25(19-22)38-30(42)28(20(4)40)39-31(43)35(9,10)46-32(39)44/h14-19,26,28H,11-13H2,1-10H3,(H,37,41)(H,38,42). The van der Waals surface area contributed by atoms with Crippen molar-refractivity contribution in [1.29, 1.82) is 0 Å². The Hall–Kier alpha value is -3.92. The van der Waals surface area contributed by atoms with Crippen LogP contribution in [0.15, 0.2) is 36.4 Å². The summed E-state index contributed by atoms with van der Waals surface area (Å²) in [6, 6.07) is 8.85. The Morgan fingerprint density at radius 3 is 2.09 bits per heavy atom. The summed E-state index contributed by atoms with van der Waals surface area (Å²) in [4.78, 5) is 64.8. The molecule has 1 saturated heterocycles. The van der Waals surface area contributed by atoms with Gasteiger partial charge in [-0.2, -0.15) is 0 Å². The Labute approximate surface area is 276 Å². The van der Waals surface area contributed by atoms with E-state index in [0.29, 0.717) is 22.8 Å². The first-order valence-corrected chi connectivity index (χ1v) is 16.0. The molecule has 2 aromatic rings. The monoisotopic (exact) mass is 655 g/mol. The number of hydrogen-bond donors (Lipinski definition) is 2. The van der Waals surface area contributed by atoms with Crippen LogP contribution in [0.4, 0.5) is 16.2 Å². The van der Waals surface area contributed by atoms with Gasteiger partial charge in [-0.3, -0.25) is 19.2 Å². The minimum absolute atomic E-state index is 0.0192. The van der Waals surface area contributed by atoms with Gasteiger partial charge >= 0.3 is 6.09 Å². The van der Waals surface area contributed by atoms with Crippen LogP contribution in [-0.2, 0) is 34.7 Å². The maximum absolute atomic E-state index is 13.5. The third-order valence-electron chi connectivity index (χ3n) is 8.85. The number of hydrogen-bond acceptors (Lipinski definition) is 7. The highest BCUT2D eigenvalue weighted by Crippen LogP contribution is 2.39. The lowest BCUT2D eigenvalue weighted by Gasteiger charge is -2.31. The quantitative estimate of drug-likeness (QED) is 0.219. The summed E-state index contributed by atoms with van der Waals surface area (Å²) in [7, 11) is 0. The lowest BCUT2D eigenvalue weighted by molar-refractivity contribution is -0.142. The molecule has 0 saturated carbocycles. The van der Waals surface area contributed by atoms with Crippen molar-refractivity contribution < 1.29 is 33.4 Å². The van der Waals surface area contributed by atoms with Crippen molar-refractivity contribution in [1.82, 2.24) is 4.90 Å². The number of Topliss-reactive ketones (excluding diaryl/α,β-unsaturated/α-hetero) is 1. The fraction of sp³-hybridized carbons (Fsp3) is 0.514. The Morgan fingerprint density at radius 1 is 0.935 bits per heavy atom. The topological polar surface area (TPSA) is 131 Å². The molecule has 11 heteroatoms. The molecule has 2 unspecified atom stereocenters. The van der Waals surface area contributed by atoms with E-state index < -0.39 is 47.3 Å². The fourth-order valence-electron chi connectivity index (χ4n) is 4.97. The van der Waals surface area contributed by atoms with E-state index in [9.17, 15) is 24.0 Å². The van der Waals surface area contributed by atoms with Gasteiger partial charge in [-0.05, 0) is 80.7 Å². The van der Waals surface area contributed by atoms with E-state index in [2.05, 4.69) is 64.3 Å². The second-order valence-corrected chi connectivity index (χ2v) is 13.8. The molecule has 0 aliphatic carbocycles. The molecule has 0 bridgehead atoms. The van der Waals surface area contributed by atoms with Gasteiger partial charge in [0, 0.05) is 11.3 Å². The van der Waals surface area contributed by atoms with Crippen LogP contribution in [-0.4, -0.2) is 52.2 Å². The third-order valence-corrected chi connectivity index (χ3v) is 9.18. The van der Waals surface area contributed by atoms with E-state index in [1.165, 1.54) is 31.5 Å². The molecule has 10 nitrogen and oxygen atoms in total. The van der Waals surface area contributed by atoms with Crippen molar-refractivity contribution in [3.63, 3.8) is 0 Å². The second kappa shape index (κ2) is 13.8. The number of imide groups is 1. The summed E-state index contributed by atoms with van der Waals surface area (Å²) >= 11 is 6.34. The van der Waals surface area contributed by atoms with Gasteiger partial charge < -0.3 is 20.1 Å². The number of anilines is 2. The van der Waals surface area contributed by atoms with E-state index in [1.807, 2.05) is 13.0 Å². The van der Waals surface area contributed by atoms with Crippen molar-refractivity contribution >= 4 is 52.6 Å². The number of carbonyl (C=O) groups is 5. The molecule has 46 heavy (non-hydrogen) atoms. The van der Waals surface area contributed by atoms with Gasteiger partial charge in [0.25, 0.3) is 17.7 Å². The molecular weight excluding hydrogens is 610 g/mol. The largest absolute Gasteiger partial charge is 0.480 e. The lowest BCUT2D eigenvalue weighted by atomic mass is 9.76. The van der Waals surface area contributed by atoms with Crippen molar-refractivity contribution in [2.45, 2.75) is 117 Å². The Morgan fingerprint density at radius 2 is 1.57 bits per heavy atom.